The van der Waals surface area contributed by atoms with E-state index in [-0.39, 0.29) is 18.2 Å². The molecule has 2 atom stereocenters. The summed E-state index contributed by atoms with van der Waals surface area (Å²) in [5.74, 6) is 0.889. The monoisotopic (exact) mass is 322 g/mol. The Balaban J connectivity index is 1.78. The third-order valence-electron chi connectivity index (χ3n) is 3.96. The number of hydrogen-bond donors (Lipinski definition) is 2. The molecule has 0 spiro atoms. The summed E-state index contributed by atoms with van der Waals surface area (Å²) in [5.41, 5.74) is 1.17. The molecule has 0 bridgehead atoms. The van der Waals surface area contributed by atoms with Crippen molar-refractivity contribution < 1.29 is 14.6 Å². The predicted octanol–water partition coefficient (Wildman–Crippen LogP) is 1.82. The highest BCUT2D eigenvalue weighted by atomic mass is 16.5. The van der Waals surface area contributed by atoms with Crippen LogP contribution in [0.4, 0.5) is 0 Å². The molecule has 23 heavy (non-hydrogen) atoms. The third-order valence-corrected chi connectivity index (χ3v) is 3.96. The first-order chi connectivity index (χ1) is 11.0. The van der Waals surface area contributed by atoms with Crippen LogP contribution in [-0.2, 0) is 4.74 Å². The van der Waals surface area contributed by atoms with Gasteiger partial charge in [0.2, 0.25) is 0 Å². The largest absolute Gasteiger partial charge is 0.491 e. The Morgan fingerprint density at radius 3 is 2.70 bits per heavy atom. The normalized spacial score (nSPS) is 18.8. The lowest BCUT2D eigenvalue weighted by Gasteiger charge is -2.29. The summed E-state index contributed by atoms with van der Waals surface area (Å²) in [5, 5.41) is 13.6. The van der Waals surface area contributed by atoms with E-state index >= 15 is 0 Å². The zero-order chi connectivity index (χ0) is 16.7. The molecular formula is C18H30N2O3. The molecule has 1 aliphatic rings. The van der Waals surface area contributed by atoms with Gasteiger partial charge in [0.25, 0.3) is 0 Å². The van der Waals surface area contributed by atoms with Gasteiger partial charge in [-0.1, -0.05) is 12.1 Å². The predicted molar refractivity (Wildman–Crippen MR) is 91.9 cm³/mol. The van der Waals surface area contributed by atoms with Gasteiger partial charge in [-0.2, -0.15) is 0 Å². The van der Waals surface area contributed by atoms with Crippen LogP contribution in [0, 0.1) is 0 Å². The number of morpholine rings is 1. The van der Waals surface area contributed by atoms with Crippen molar-refractivity contribution in [1.82, 2.24) is 10.2 Å². The van der Waals surface area contributed by atoms with Crippen LogP contribution in [0.25, 0.3) is 0 Å². The minimum absolute atomic E-state index is 0.170. The molecule has 1 aliphatic heterocycles. The highest BCUT2D eigenvalue weighted by Crippen LogP contribution is 2.20. The fourth-order valence-corrected chi connectivity index (χ4v) is 2.71. The Morgan fingerprint density at radius 1 is 1.26 bits per heavy atom. The zero-order valence-electron chi connectivity index (χ0n) is 14.5. The highest BCUT2D eigenvalue weighted by Gasteiger charge is 2.16. The molecular weight excluding hydrogens is 292 g/mol. The number of aliphatic hydroxyl groups excluding tert-OH is 1. The van der Waals surface area contributed by atoms with Gasteiger partial charge in [-0.3, -0.25) is 4.90 Å². The maximum Gasteiger partial charge on any atom is 0.120 e. The molecule has 0 amide bonds. The Hall–Kier alpha value is -1.14. The van der Waals surface area contributed by atoms with Crippen molar-refractivity contribution in [3.63, 3.8) is 0 Å². The fourth-order valence-electron chi connectivity index (χ4n) is 2.71. The lowest BCUT2D eigenvalue weighted by atomic mass is 10.1. The van der Waals surface area contributed by atoms with E-state index in [1.165, 1.54) is 5.56 Å². The number of ether oxygens (including phenoxy) is 2. The third kappa shape index (κ3) is 6.47. The lowest BCUT2D eigenvalue weighted by Crippen LogP contribution is -2.44. The van der Waals surface area contributed by atoms with Gasteiger partial charge in [0, 0.05) is 32.2 Å². The number of benzene rings is 1. The van der Waals surface area contributed by atoms with E-state index < -0.39 is 0 Å². The van der Waals surface area contributed by atoms with E-state index in [1.807, 2.05) is 26.0 Å². The van der Waals surface area contributed by atoms with Gasteiger partial charge in [-0.15, -0.1) is 0 Å². The van der Waals surface area contributed by atoms with Crippen molar-refractivity contribution >= 4 is 0 Å². The van der Waals surface area contributed by atoms with Crippen LogP contribution < -0.4 is 10.1 Å². The Labute approximate surface area is 139 Å². The standard InChI is InChI=1S/C18H30N2O3/c1-14(2)23-18-6-4-5-16(11-18)15(3)19-12-17(21)13-20-7-9-22-10-8-20/h4-6,11,14-15,17,19,21H,7-10,12-13H2,1-3H3. The lowest BCUT2D eigenvalue weighted by molar-refractivity contribution is 0.0145. The van der Waals surface area contributed by atoms with Crippen LogP contribution in [0.3, 0.4) is 0 Å². The van der Waals surface area contributed by atoms with Crippen molar-refractivity contribution in [2.75, 3.05) is 39.4 Å². The minimum Gasteiger partial charge on any atom is -0.491 e. The molecule has 2 unspecified atom stereocenters. The molecule has 1 heterocycles. The van der Waals surface area contributed by atoms with Crippen LogP contribution in [0.5, 0.6) is 5.75 Å². The number of aliphatic hydroxyl groups is 1. The summed E-state index contributed by atoms with van der Waals surface area (Å²) in [6, 6.07) is 8.30. The molecule has 1 saturated heterocycles. The topological polar surface area (TPSA) is 54.0 Å². The highest BCUT2D eigenvalue weighted by molar-refractivity contribution is 5.30. The van der Waals surface area contributed by atoms with Gasteiger partial charge < -0.3 is 19.9 Å². The summed E-state index contributed by atoms with van der Waals surface area (Å²) < 4.78 is 11.1. The van der Waals surface area contributed by atoms with Gasteiger partial charge in [0.1, 0.15) is 5.75 Å². The number of nitrogens with zero attached hydrogens (tertiary/aromatic N) is 1. The van der Waals surface area contributed by atoms with Gasteiger partial charge in [0.15, 0.2) is 0 Å². The first kappa shape index (κ1) is 18.2. The van der Waals surface area contributed by atoms with Gasteiger partial charge in [-0.05, 0) is 38.5 Å². The molecule has 0 radical (unpaired) electrons. The van der Waals surface area contributed by atoms with Crippen LogP contribution in [0.2, 0.25) is 0 Å². The molecule has 5 heteroatoms. The van der Waals surface area contributed by atoms with Gasteiger partial charge >= 0.3 is 0 Å². The molecule has 1 aromatic carbocycles. The van der Waals surface area contributed by atoms with Crippen molar-refractivity contribution in [3.8, 4) is 5.75 Å². The van der Waals surface area contributed by atoms with E-state index in [4.69, 9.17) is 9.47 Å². The summed E-state index contributed by atoms with van der Waals surface area (Å²) >= 11 is 0. The number of hydrogen-bond acceptors (Lipinski definition) is 5. The average Bonchev–Trinajstić information content (AvgIpc) is 2.53. The van der Waals surface area contributed by atoms with E-state index in [9.17, 15) is 5.11 Å². The van der Waals surface area contributed by atoms with Crippen LogP contribution >= 0.6 is 0 Å². The van der Waals surface area contributed by atoms with Crippen molar-refractivity contribution in [1.29, 1.82) is 0 Å². The van der Waals surface area contributed by atoms with Gasteiger partial charge in [0.05, 0.1) is 25.4 Å². The second-order valence-corrected chi connectivity index (χ2v) is 6.44. The minimum atomic E-state index is -0.370. The molecule has 0 saturated carbocycles. The zero-order valence-corrected chi connectivity index (χ0v) is 14.5. The van der Waals surface area contributed by atoms with E-state index in [2.05, 4.69) is 29.3 Å². The van der Waals surface area contributed by atoms with E-state index in [1.54, 1.807) is 0 Å². The SMILES string of the molecule is CC(C)Oc1cccc(C(C)NCC(O)CN2CCOCC2)c1. The smallest absolute Gasteiger partial charge is 0.120 e. The Kier molecular flexibility index (Phi) is 7.30. The molecule has 0 aromatic heterocycles. The second kappa shape index (κ2) is 9.23. The number of rotatable bonds is 8. The number of nitrogens with one attached hydrogen (secondary N) is 1. The van der Waals surface area contributed by atoms with Crippen molar-refractivity contribution in [2.24, 2.45) is 0 Å². The fraction of sp³-hybridized carbons (Fsp3) is 0.667. The van der Waals surface area contributed by atoms with E-state index in [0.29, 0.717) is 13.1 Å². The van der Waals surface area contributed by atoms with Gasteiger partial charge in [-0.25, -0.2) is 0 Å². The summed E-state index contributed by atoms with van der Waals surface area (Å²) in [7, 11) is 0. The van der Waals surface area contributed by atoms with Crippen LogP contribution in [0.15, 0.2) is 24.3 Å². The molecule has 2 N–H and O–H groups in total. The van der Waals surface area contributed by atoms with Crippen LogP contribution in [0.1, 0.15) is 32.4 Å². The number of β-amino-alcohol motifs (C(OH)–C–C–N with tert-alkyl or cyclic N) is 1. The molecule has 0 aliphatic carbocycles. The summed E-state index contributed by atoms with van der Waals surface area (Å²) in [6.07, 6.45) is -0.200. The van der Waals surface area contributed by atoms with Crippen molar-refractivity contribution in [3.05, 3.63) is 29.8 Å². The Morgan fingerprint density at radius 2 is 2.00 bits per heavy atom. The first-order valence-corrected chi connectivity index (χ1v) is 8.52. The second-order valence-electron chi connectivity index (χ2n) is 6.44. The summed E-state index contributed by atoms with van der Waals surface area (Å²) in [4.78, 5) is 2.25. The maximum atomic E-state index is 10.2. The average molecular weight is 322 g/mol. The Bertz CT molecular complexity index is 461. The maximum absolute atomic E-state index is 10.2. The molecule has 5 nitrogen and oxygen atoms in total. The molecule has 2 rings (SSSR count). The van der Waals surface area contributed by atoms with E-state index in [0.717, 1.165) is 32.1 Å². The molecule has 130 valence electrons. The quantitative estimate of drug-likeness (QED) is 0.765. The summed E-state index contributed by atoms with van der Waals surface area (Å²) in [6.45, 7) is 10.8. The first-order valence-electron chi connectivity index (χ1n) is 8.52. The molecule has 1 fully saturated rings. The van der Waals surface area contributed by atoms with Crippen LogP contribution in [-0.4, -0.2) is 61.6 Å². The molecule has 1 aromatic rings. The van der Waals surface area contributed by atoms with Crippen molar-refractivity contribution in [2.45, 2.75) is 39.0 Å².